The van der Waals surface area contributed by atoms with Gasteiger partial charge in [-0.25, -0.2) is 4.99 Å². The highest BCUT2D eigenvalue weighted by atomic mass is 35.5. The summed E-state index contributed by atoms with van der Waals surface area (Å²) < 4.78 is 13.5. The number of allylic oxidation sites excluding steroid dienone is 1. The first-order valence-corrected chi connectivity index (χ1v) is 15.0. The lowest BCUT2D eigenvalue weighted by Crippen LogP contribution is -2.40. The Bertz CT molecular complexity index is 1990. The number of carbonyl (C=O) groups excluding carboxylic acids is 1. The van der Waals surface area contributed by atoms with Crippen molar-refractivity contribution in [3.05, 3.63) is 138 Å². The average molecular weight is 614 g/mol. The molecule has 0 saturated heterocycles. The summed E-state index contributed by atoms with van der Waals surface area (Å²) in [4.78, 5) is 33.8. The number of aromatic nitrogens is 1. The molecule has 6 rings (SSSR count). The fourth-order valence-electron chi connectivity index (χ4n) is 4.67. The summed E-state index contributed by atoms with van der Waals surface area (Å²) >= 11 is 8.71. The van der Waals surface area contributed by atoms with E-state index in [1.54, 1.807) is 24.7 Å². The number of benzene rings is 3. The normalized spacial score (nSPS) is 14.8. The van der Waals surface area contributed by atoms with Crippen LogP contribution in [0.25, 0.3) is 6.08 Å². The number of amides is 1. The van der Waals surface area contributed by atoms with Gasteiger partial charge in [0.2, 0.25) is 0 Å². The molecule has 0 fully saturated rings. The van der Waals surface area contributed by atoms with E-state index < -0.39 is 6.04 Å². The molecule has 7 nitrogen and oxygen atoms in total. The van der Waals surface area contributed by atoms with Gasteiger partial charge in [-0.15, -0.1) is 0 Å². The Morgan fingerprint density at radius 2 is 1.86 bits per heavy atom. The van der Waals surface area contributed by atoms with Gasteiger partial charge >= 0.3 is 0 Å². The number of nitrogens with zero attached hydrogens (tertiary/aromatic N) is 2. The Hall–Kier alpha value is -4.31. The minimum Gasteiger partial charge on any atom is -0.497 e. The summed E-state index contributed by atoms with van der Waals surface area (Å²) in [5, 5.41) is 4.31. The van der Waals surface area contributed by atoms with Gasteiger partial charge in [-0.3, -0.25) is 14.2 Å². The van der Waals surface area contributed by atoms with Gasteiger partial charge in [-0.05, 0) is 73.2 Å². The van der Waals surface area contributed by atoms with Crippen LogP contribution in [0.1, 0.15) is 24.3 Å². The number of nitrogens with one attached hydrogen (secondary N) is 1. The molecular formula is C32H24ClN3O4S2. The van der Waals surface area contributed by atoms with Gasteiger partial charge in [0.15, 0.2) is 9.89 Å². The second-order valence-corrected chi connectivity index (χ2v) is 11.9. The van der Waals surface area contributed by atoms with Gasteiger partial charge < -0.3 is 14.5 Å². The van der Waals surface area contributed by atoms with Crippen LogP contribution in [0.15, 0.2) is 126 Å². The number of furan rings is 1. The molecule has 1 aliphatic heterocycles. The third-order valence-electron chi connectivity index (χ3n) is 6.62. The molecule has 3 heterocycles. The summed E-state index contributed by atoms with van der Waals surface area (Å²) in [5.74, 6) is 0.820. The number of anilines is 1. The molecule has 10 heteroatoms. The summed E-state index contributed by atoms with van der Waals surface area (Å²) in [7, 11) is 1.58. The van der Waals surface area contributed by atoms with Crippen molar-refractivity contribution in [3.63, 3.8) is 0 Å². The molecule has 1 aliphatic rings. The summed E-state index contributed by atoms with van der Waals surface area (Å²) in [5.41, 5.74) is 2.02. The van der Waals surface area contributed by atoms with Crippen molar-refractivity contribution in [2.24, 2.45) is 4.99 Å². The summed E-state index contributed by atoms with van der Waals surface area (Å²) in [6, 6.07) is 27.0. The number of fused-ring (bicyclic) bond motifs is 1. The van der Waals surface area contributed by atoms with Crippen molar-refractivity contribution >= 4 is 52.4 Å². The van der Waals surface area contributed by atoms with Crippen LogP contribution in [0.2, 0.25) is 5.02 Å². The van der Waals surface area contributed by atoms with Crippen molar-refractivity contribution in [1.29, 1.82) is 0 Å². The monoisotopic (exact) mass is 613 g/mol. The Morgan fingerprint density at radius 1 is 1.07 bits per heavy atom. The molecule has 0 aliphatic carbocycles. The van der Waals surface area contributed by atoms with Crippen LogP contribution < -0.4 is 24.9 Å². The molecule has 0 bridgehead atoms. The largest absolute Gasteiger partial charge is 0.497 e. The van der Waals surface area contributed by atoms with Gasteiger partial charge in [0.05, 0.1) is 29.0 Å². The minimum atomic E-state index is -0.713. The number of thiazole rings is 1. The molecule has 3 aromatic carbocycles. The molecule has 2 aromatic heterocycles. The van der Waals surface area contributed by atoms with Crippen LogP contribution in [-0.4, -0.2) is 17.6 Å². The predicted molar refractivity (Wildman–Crippen MR) is 166 cm³/mol. The van der Waals surface area contributed by atoms with Crippen LogP contribution in [0, 0.1) is 0 Å². The Kier molecular flexibility index (Phi) is 7.88. The van der Waals surface area contributed by atoms with Gasteiger partial charge in [-0.1, -0.05) is 65.0 Å². The maximum absolute atomic E-state index is 14.0. The fourth-order valence-corrected chi connectivity index (χ4v) is 6.60. The SMILES string of the molecule is COc1cccc([C@@H]2C(C(=O)Nc3ccccc3)=C(C)N=c3s/c(=C/c4ccc(Sc5ccc(Cl)cc5)o4)c(=O)n32)c1. The molecule has 1 N–H and O–H groups in total. The fraction of sp³-hybridized carbons (Fsp3) is 0.0938. The maximum atomic E-state index is 14.0. The summed E-state index contributed by atoms with van der Waals surface area (Å²) in [6.07, 6.45) is 1.71. The van der Waals surface area contributed by atoms with E-state index in [1.807, 2.05) is 91.0 Å². The molecule has 0 saturated carbocycles. The van der Waals surface area contributed by atoms with Gasteiger partial charge in [-0.2, -0.15) is 0 Å². The number of hydrogen-bond acceptors (Lipinski definition) is 7. The highest BCUT2D eigenvalue weighted by Crippen LogP contribution is 2.33. The standard InChI is InChI=1S/C32H24ClN3O4S2/c1-19-28(30(37)35-22-8-4-3-5-9-22)29(20-7-6-10-23(17-20)39-2)36-31(38)26(42-32(36)34-19)18-24-13-16-27(40-24)41-25-14-11-21(33)12-15-25/h3-18,29H,1-2H3,(H,35,37)/b26-18+/t29-/m1/s1. The van der Waals surface area contributed by atoms with E-state index in [0.29, 0.717) is 47.9 Å². The number of ether oxygens (including phenoxy) is 1. The molecule has 1 atom stereocenters. The topological polar surface area (TPSA) is 85.8 Å². The van der Waals surface area contributed by atoms with Crippen LogP contribution >= 0.6 is 34.7 Å². The Labute approximate surface area is 254 Å². The van der Waals surface area contributed by atoms with Gasteiger partial charge in [0.25, 0.3) is 11.5 Å². The number of methoxy groups -OCH3 is 1. The number of rotatable bonds is 7. The lowest BCUT2D eigenvalue weighted by Gasteiger charge is -2.25. The highest BCUT2D eigenvalue weighted by molar-refractivity contribution is 7.99. The highest BCUT2D eigenvalue weighted by Gasteiger charge is 2.32. The minimum absolute atomic E-state index is 0.271. The first-order valence-electron chi connectivity index (χ1n) is 13.0. The molecular weight excluding hydrogens is 590 g/mol. The molecule has 0 radical (unpaired) electrons. The van der Waals surface area contributed by atoms with Crippen LogP contribution in [-0.2, 0) is 4.79 Å². The molecule has 210 valence electrons. The molecule has 0 spiro atoms. The average Bonchev–Trinajstić information content (AvgIpc) is 3.56. The second-order valence-electron chi connectivity index (χ2n) is 9.39. The van der Waals surface area contributed by atoms with Crippen molar-refractivity contribution in [3.8, 4) is 5.75 Å². The molecule has 5 aromatic rings. The van der Waals surface area contributed by atoms with Crippen molar-refractivity contribution in [2.45, 2.75) is 23.0 Å². The zero-order valence-electron chi connectivity index (χ0n) is 22.5. The first-order chi connectivity index (χ1) is 20.4. The third-order valence-corrected chi connectivity index (χ3v) is 8.78. The number of halogens is 1. The maximum Gasteiger partial charge on any atom is 0.271 e. The van der Waals surface area contributed by atoms with Crippen LogP contribution in [0.5, 0.6) is 5.75 Å². The van der Waals surface area contributed by atoms with Crippen LogP contribution in [0.4, 0.5) is 5.69 Å². The van der Waals surface area contributed by atoms with E-state index in [0.717, 1.165) is 10.5 Å². The van der Waals surface area contributed by atoms with Crippen molar-refractivity contribution in [1.82, 2.24) is 4.57 Å². The number of hydrogen-bond donors (Lipinski definition) is 1. The molecule has 1 amide bonds. The molecule has 0 unspecified atom stereocenters. The van der Waals surface area contributed by atoms with Gasteiger partial charge in [0, 0.05) is 21.7 Å². The Balaban J connectivity index is 1.41. The van der Waals surface area contributed by atoms with Crippen molar-refractivity contribution < 1.29 is 13.9 Å². The van der Waals surface area contributed by atoms with E-state index >= 15 is 0 Å². The van der Waals surface area contributed by atoms with E-state index in [9.17, 15) is 9.59 Å². The summed E-state index contributed by atoms with van der Waals surface area (Å²) in [6.45, 7) is 1.79. The van der Waals surface area contributed by atoms with Crippen molar-refractivity contribution in [2.75, 3.05) is 12.4 Å². The zero-order valence-corrected chi connectivity index (χ0v) is 24.9. The number of carbonyl (C=O) groups is 1. The lowest BCUT2D eigenvalue weighted by atomic mass is 9.95. The van der Waals surface area contributed by atoms with Crippen LogP contribution in [0.3, 0.4) is 0 Å². The van der Waals surface area contributed by atoms with E-state index in [2.05, 4.69) is 5.32 Å². The van der Waals surface area contributed by atoms with E-state index in [1.165, 1.54) is 23.1 Å². The first kappa shape index (κ1) is 27.8. The Morgan fingerprint density at radius 3 is 2.62 bits per heavy atom. The second kappa shape index (κ2) is 11.9. The van der Waals surface area contributed by atoms with E-state index in [4.69, 9.17) is 25.7 Å². The van der Waals surface area contributed by atoms with E-state index in [-0.39, 0.29) is 11.5 Å². The number of para-hydroxylation sites is 1. The third kappa shape index (κ3) is 5.72. The zero-order chi connectivity index (χ0) is 29.2. The van der Waals surface area contributed by atoms with Gasteiger partial charge in [0.1, 0.15) is 11.5 Å². The predicted octanol–water partition coefficient (Wildman–Crippen LogP) is 6.28. The smallest absolute Gasteiger partial charge is 0.271 e. The lowest BCUT2D eigenvalue weighted by molar-refractivity contribution is -0.113. The quantitative estimate of drug-likeness (QED) is 0.234. The molecule has 42 heavy (non-hydrogen) atoms.